The molecule has 22 heavy (non-hydrogen) atoms. The van der Waals surface area contributed by atoms with Crippen LogP contribution in [0.4, 0.5) is 5.69 Å². The van der Waals surface area contributed by atoms with E-state index >= 15 is 0 Å². The number of halogens is 1. The van der Waals surface area contributed by atoms with Crippen molar-refractivity contribution in [2.75, 3.05) is 5.32 Å². The smallest absolute Gasteiger partial charge is 0.336 e. The molecule has 3 aromatic rings. The Morgan fingerprint density at radius 1 is 1.09 bits per heavy atom. The van der Waals surface area contributed by atoms with Crippen LogP contribution in [0.3, 0.4) is 0 Å². The third-order valence-electron chi connectivity index (χ3n) is 3.84. The maximum absolute atomic E-state index is 11.8. The second-order valence-corrected chi connectivity index (χ2v) is 5.77. The van der Waals surface area contributed by atoms with Crippen LogP contribution >= 0.6 is 11.6 Å². The molecule has 0 saturated heterocycles. The Bertz CT molecular complexity index is 882. The Hall–Kier alpha value is -2.26. The van der Waals surface area contributed by atoms with Gasteiger partial charge in [0.1, 0.15) is 5.58 Å². The Morgan fingerprint density at radius 3 is 2.55 bits per heavy atom. The van der Waals surface area contributed by atoms with Gasteiger partial charge in [0.15, 0.2) is 0 Å². The largest absolute Gasteiger partial charge is 0.422 e. The summed E-state index contributed by atoms with van der Waals surface area (Å²) in [6.45, 7) is 4.52. The molecule has 2 aromatic carbocycles. The van der Waals surface area contributed by atoms with E-state index in [1.165, 1.54) is 0 Å². The van der Waals surface area contributed by atoms with Gasteiger partial charge in [0.2, 0.25) is 0 Å². The highest BCUT2D eigenvalue weighted by Crippen LogP contribution is 2.24. The lowest BCUT2D eigenvalue weighted by atomic mass is 10.0. The maximum atomic E-state index is 11.8. The molecule has 3 rings (SSSR count). The Kier molecular flexibility index (Phi) is 3.90. The molecular weight excluding hydrogens is 298 g/mol. The Labute approximate surface area is 133 Å². The zero-order valence-electron chi connectivity index (χ0n) is 12.4. The summed E-state index contributed by atoms with van der Waals surface area (Å²) in [5.74, 6) is 0. The lowest BCUT2D eigenvalue weighted by molar-refractivity contribution is 0.556. The van der Waals surface area contributed by atoms with Crippen molar-refractivity contribution in [1.82, 2.24) is 0 Å². The number of nitrogens with one attached hydrogen (secondary N) is 1. The fourth-order valence-electron chi connectivity index (χ4n) is 2.44. The first kappa shape index (κ1) is 14.7. The van der Waals surface area contributed by atoms with E-state index in [1.54, 1.807) is 6.07 Å². The van der Waals surface area contributed by atoms with Crippen molar-refractivity contribution in [1.29, 1.82) is 0 Å². The number of benzene rings is 2. The van der Waals surface area contributed by atoms with Gasteiger partial charge >= 0.3 is 5.63 Å². The molecule has 0 spiro atoms. The fraction of sp³-hybridized carbons (Fsp3) is 0.167. The first-order valence-corrected chi connectivity index (χ1v) is 7.45. The minimum Gasteiger partial charge on any atom is -0.422 e. The van der Waals surface area contributed by atoms with Crippen LogP contribution in [0.25, 0.3) is 11.0 Å². The molecule has 0 bridgehead atoms. The van der Waals surface area contributed by atoms with Gasteiger partial charge in [-0.3, -0.25) is 0 Å². The van der Waals surface area contributed by atoms with E-state index < -0.39 is 0 Å². The van der Waals surface area contributed by atoms with Crippen LogP contribution in [0.15, 0.2) is 51.7 Å². The number of hydrogen-bond donors (Lipinski definition) is 1. The summed E-state index contributed by atoms with van der Waals surface area (Å²) in [6, 6.07) is 13.1. The van der Waals surface area contributed by atoms with Gasteiger partial charge in [0.25, 0.3) is 0 Å². The number of rotatable bonds is 3. The molecular formula is C18H16ClNO2. The van der Waals surface area contributed by atoms with E-state index in [4.69, 9.17) is 16.0 Å². The highest BCUT2D eigenvalue weighted by atomic mass is 35.5. The van der Waals surface area contributed by atoms with Crippen LogP contribution in [0, 0.1) is 13.8 Å². The highest BCUT2D eigenvalue weighted by Gasteiger charge is 2.09. The van der Waals surface area contributed by atoms with Crippen LogP contribution in [-0.4, -0.2) is 0 Å². The molecule has 3 nitrogen and oxygen atoms in total. The minimum absolute atomic E-state index is 0.325. The van der Waals surface area contributed by atoms with E-state index in [0.29, 0.717) is 17.2 Å². The molecule has 0 aliphatic rings. The van der Waals surface area contributed by atoms with E-state index in [0.717, 1.165) is 27.8 Å². The summed E-state index contributed by atoms with van der Waals surface area (Å²) >= 11 is 5.88. The van der Waals surface area contributed by atoms with Crippen LogP contribution in [0.5, 0.6) is 0 Å². The first-order valence-electron chi connectivity index (χ1n) is 7.07. The lowest BCUT2D eigenvalue weighted by Gasteiger charge is -2.11. The highest BCUT2D eigenvalue weighted by molar-refractivity contribution is 6.30. The number of anilines is 1. The van der Waals surface area contributed by atoms with Crippen molar-refractivity contribution < 1.29 is 4.42 Å². The Balaban J connectivity index is 1.98. The topological polar surface area (TPSA) is 42.2 Å². The quantitative estimate of drug-likeness (QED) is 0.714. The zero-order valence-corrected chi connectivity index (χ0v) is 13.2. The van der Waals surface area contributed by atoms with Gasteiger partial charge in [0, 0.05) is 28.7 Å². The third-order valence-corrected chi connectivity index (χ3v) is 4.10. The van der Waals surface area contributed by atoms with E-state index in [1.807, 2.05) is 50.2 Å². The van der Waals surface area contributed by atoms with Crippen molar-refractivity contribution in [3.05, 3.63) is 74.6 Å². The van der Waals surface area contributed by atoms with Crippen molar-refractivity contribution in [2.24, 2.45) is 0 Å². The van der Waals surface area contributed by atoms with Gasteiger partial charge in [-0.25, -0.2) is 4.79 Å². The van der Waals surface area contributed by atoms with Crippen molar-refractivity contribution in [3.8, 4) is 0 Å². The maximum Gasteiger partial charge on any atom is 0.336 e. The number of hydrogen-bond acceptors (Lipinski definition) is 3. The molecule has 0 fully saturated rings. The molecule has 1 aromatic heterocycles. The molecule has 0 amide bonds. The summed E-state index contributed by atoms with van der Waals surface area (Å²) in [5.41, 5.74) is 4.33. The van der Waals surface area contributed by atoms with Gasteiger partial charge in [-0.05, 0) is 54.8 Å². The third kappa shape index (κ3) is 2.85. The lowest BCUT2D eigenvalue weighted by Crippen LogP contribution is -2.06. The summed E-state index contributed by atoms with van der Waals surface area (Å²) in [7, 11) is 0. The predicted molar refractivity (Wildman–Crippen MR) is 90.7 cm³/mol. The fourth-order valence-corrected chi connectivity index (χ4v) is 2.56. The Morgan fingerprint density at radius 2 is 1.82 bits per heavy atom. The summed E-state index contributed by atoms with van der Waals surface area (Å²) in [5, 5.41) is 4.96. The minimum atomic E-state index is -0.325. The van der Waals surface area contributed by atoms with E-state index in [-0.39, 0.29) is 5.63 Å². The second-order valence-electron chi connectivity index (χ2n) is 5.34. The molecule has 112 valence electrons. The zero-order chi connectivity index (χ0) is 15.7. The average molecular weight is 314 g/mol. The molecule has 0 atom stereocenters. The molecule has 0 aliphatic heterocycles. The molecule has 0 radical (unpaired) electrons. The molecule has 0 saturated carbocycles. The summed E-state index contributed by atoms with van der Waals surface area (Å²) in [6.07, 6.45) is 0. The van der Waals surface area contributed by atoms with Gasteiger partial charge < -0.3 is 9.73 Å². The van der Waals surface area contributed by atoms with Crippen LogP contribution in [-0.2, 0) is 6.54 Å². The van der Waals surface area contributed by atoms with Crippen molar-refractivity contribution >= 4 is 28.3 Å². The van der Waals surface area contributed by atoms with Gasteiger partial charge in [-0.2, -0.15) is 0 Å². The molecule has 1 N–H and O–H groups in total. The second kappa shape index (κ2) is 5.85. The SMILES string of the molecule is Cc1ccc2c(CNc3ccc(Cl)cc3)cc(=O)oc2c1C. The monoisotopic (exact) mass is 313 g/mol. The van der Waals surface area contributed by atoms with E-state index in [2.05, 4.69) is 5.32 Å². The van der Waals surface area contributed by atoms with Gasteiger partial charge in [0.05, 0.1) is 0 Å². The average Bonchev–Trinajstić information content (AvgIpc) is 2.50. The van der Waals surface area contributed by atoms with Crippen LogP contribution in [0.2, 0.25) is 5.02 Å². The van der Waals surface area contributed by atoms with E-state index in [9.17, 15) is 4.79 Å². The normalized spacial score (nSPS) is 10.9. The summed E-state index contributed by atoms with van der Waals surface area (Å²) < 4.78 is 5.38. The standard InChI is InChI=1S/C18H16ClNO2/c1-11-3-8-16-13(9-17(21)22-18(16)12(11)2)10-20-15-6-4-14(19)5-7-15/h3-9,20H,10H2,1-2H3. The van der Waals surface area contributed by atoms with Crippen LogP contribution in [0.1, 0.15) is 16.7 Å². The molecule has 1 heterocycles. The van der Waals surface area contributed by atoms with Crippen molar-refractivity contribution in [2.45, 2.75) is 20.4 Å². The molecule has 0 unspecified atom stereocenters. The van der Waals surface area contributed by atoms with Gasteiger partial charge in [-0.15, -0.1) is 0 Å². The first-order chi connectivity index (χ1) is 10.5. The molecule has 4 heteroatoms. The van der Waals surface area contributed by atoms with Crippen molar-refractivity contribution in [3.63, 3.8) is 0 Å². The van der Waals surface area contributed by atoms with Crippen LogP contribution < -0.4 is 10.9 Å². The summed E-state index contributed by atoms with van der Waals surface area (Å²) in [4.78, 5) is 11.8. The number of aryl methyl sites for hydroxylation is 2. The number of fused-ring (bicyclic) bond motifs is 1. The van der Waals surface area contributed by atoms with Gasteiger partial charge in [-0.1, -0.05) is 23.7 Å². The molecule has 0 aliphatic carbocycles. The predicted octanol–water partition coefficient (Wildman–Crippen LogP) is 4.68.